The largest absolute Gasteiger partial charge is 0.440 e. The van der Waals surface area contributed by atoms with Crippen LogP contribution < -0.4 is 14.9 Å². The van der Waals surface area contributed by atoms with Crippen molar-refractivity contribution in [1.29, 1.82) is 0 Å². The number of hydrogen-bond acceptors (Lipinski definition) is 4. The molecule has 0 rings (SSSR count). The average Bonchev–Trinajstić information content (AvgIpc) is 2.19. The predicted octanol–water partition coefficient (Wildman–Crippen LogP) is 1.07. The first-order valence-corrected chi connectivity index (χ1v) is 8.04. The van der Waals surface area contributed by atoms with Gasteiger partial charge in [0.05, 0.1) is 0 Å². The van der Waals surface area contributed by atoms with Crippen LogP contribution >= 0.6 is 0 Å². The molecule has 15 heavy (non-hydrogen) atoms. The molecule has 0 saturated heterocycles. The van der Waals surface area contributed by atoms with Crippen LogP contribution in [0, 0.1) is 0 Å². The van der Waals surface area contributed by atoms with E-state index >= 15 is 0 Å². The van der Waals surface area contributed by atoms with Gasteiger partial charge in [0.15, 0.2) is 0 Å². The van der Waals surface area contributed by atoms with E-state index in [9.17, 15) is 0 Å². The van der Waals surface area contributed by atoms with Gasteiger partial charge in [-0.05, 0) is 26.1 Å². The molecule has 0 radical (unpaired) electrons. The van der Waals surface area contributed by atoms with Gasteiger partial charge in [0.2, 0.25) is 0 Å². The first-order chi connectivity index (χ1) is 7.24. The van der Waals surface area contributed by atoms with Gasteiger partial charge in [-0.2, -0.15) is 0 Å². The van der Waals surface area contributed by atoms with E-state index in [1.807, 2.05) is 0 Å². The van der Waals surface area contributed by atoms with Crippen LogP contribution in [0.15, 0.2) is 0 Å². The van der Waals surface area contributed by atoms with Crippen molar-refractivity contribution in [3.05, 3.63) is 0 Å². The van der Waals surface area contributed by atoms with Gasteiger partial charge in [-0.25, -0.2) is 0 Å². The van der Waals surface area contributed by atoms with Crippen LogP contribution in [0.3, 0.4) is 0 Å². The van der Waals surface area contributed by atoms with Gasteiger partial charge < -0.3 is 4.43 Å². The summed E-state index contributed by atoms with van der Waals surface area (Å²) in [5.74, 6) is 0. The van der Waals surface area contributed by atoms with Crippen molar-refractivity contribution in [2.75, 3.05) is 26.2 Å². The first-order valence-electron chi connectivity index (χ1n) is 6.13. The molecule has 0 aromatic heterocycles. The van der Waals surface area contributed by atoms with E-state index in [1.165, 1.54) is 6.42 Å². The molecular weight excluding hydrogens is 206 g/mol. The fraction of sp³-hybridized carbons (Fsp3) is 1.00. The topological polar surface area (TPSA) is 45.3 Å². The molecule has 0 aromatic rings. The molecule has 0 aromatic carbocycles. The van der Waals surface area contributed by atoms with Crippen molar-refractivity contribution in [3.8, 4) is 0 Å². The highest BCUT2D eigenvalue weighted by atomic mass is 28.4. The molecular formula is C10H27N3OSi. The van der Waals surface area contributed by atoms with Crippen LogP contribution in [0.5, 0.6) is 0 Å². The summed E-state index contributed by atoms with van der Waals surface area (Å²) in [6.45, 7) is 12.1. The number of hydrogen-bond donors (Lipinski definition) is 3. The summed E-state index contributed by atoms with van der Waals surface area (Å²) in [7, 11) is -2.08. The smallest absolute Gasteiger partial charge is 0.380 e. The van der Waals surface area contributed by atoms with Gasteiger partial charge in [-0.15, -0.1) is 0 Å². The second-order valence-corrected chi connectivity index (χ2v) is 6.19. The Morgan fingerprint density at radius 2 is 1.33 bits per heavy atom. The molecule has 92 valence electrons. The van der Waals surface area contributed by atoms with Crippen LogP contribution in [0.25, 0.3) is 0 Å². The Labute approximate surface area is 95.5 Å². The summed E-state index contributed by atoms with van der Waals surface area (Å²) in [4.78, 5) is 10.4. The summed E-state index contributed by atoms with van der Waals surface area (Å²) in [5, 5.41) is 0. The van der Waals surface area contributed by atoms with Crippen LogP contribution in [-0.2, 0) is 4.43 Å². The molecule has 5 heteroatoms. The standard InChI is InChI=1S/C10H27N3OSi/c1-5-9-10-14-15(11-6-2,12-7-3)13-8-4/h11-13H,5-10H2,1-4H3. The lowest BCUT2D eigenvalue weighted by atomic mass is 10.4. The van der Waals surface area contributed by atoms with E-state index in [-0.39, 0.29) is 0 Å². The third-order valence-corrected chi connectivity index (χ3v) is 5.29. The lowest BCUT2D eigenvalue weighted by Crippen LogP contribution is -2.74. The molecule has 0 spiro atoms. The van der Waals surface area contributed by atoms with Crippen molar-refractivity contribution in [3.63, 3.8) is 0 Å². The lowest BCUT2D eigenvalue weighted by molar-refractivity contribution is 0.263. The van der Waals surface area contributed by atoms with E-state index in [2.05, 4.69) is 42.6 Å². The average molecular weight is 233 g/mol. The Balaban J connectivity index is 4.18. The van der Waals surface area contributed by atoms with Crippen LogP contribution in [0.2, 0.25) is 0 Å². The predicted molar refractivity (Wildman–Crippen MR) is 67.6 cm³/mol. The Hall–Kier alpha value is 0.0569. The molecule has 4 nitrogen and oxygen atoms in total. The molecule has 0 aliphatic heterocycles. The van der Waals surface area contributed by atoms with Gasteiger partial charge in [-0.1, -0.05) is 34.1 Å². The summed E-state index contributed by atoms with van der Waals surface area (Å²) in [6.07, 6.45) is 2.30. The molecule has 0 atom stereocenters. The fourth-order valence-corrected chi connectivity index (χ4v) is 4.08. The lowest BCUT2D eigenvalue weighted by Gasteiger charge is -2.31. The van der Waals surface area contributed by atoms with Gasteiger partial charge in [0, 0.05) is 6.61 Å². The molecule has 0 saturated carbocycles. The molecule has 0 aliphatic carbocycles. The number of unbranched alkanes of at least 4 members (excludes halogenated alkanes) is 1. The Bertz CT molecular complexity index is 130. The van der Waals surface area contributed by atoms with E-state index in [0.29, 0.717) is 0 Å². The van der Waals surface area contributed by atoms with Crippen molar-refractivity contribution in [1.82, 2.24) is 14.9 Å². The Kier molecular flexibility index (Phi) is 9.33. The van der Waals surface area contributed by atoms with Crippen molar-refractivity contribution < 1.29 is 4.43 Å². The van der Waals surface area contributed by atoms with Crippen molar-refractivity contribution >= 4 is 8.80 Å². The van der Waals surface area contributed by atoms with Gasteiger partial charge >= 0.3 is 8.80 Å². The Morgan fingerprint density at radius 1 is 0.867 bits per heavy atom. The maximum atomic E-state index is 6.00. The van der Waals surface area contributed by atoms with Crippen LogP contribution in [-0.4, -0.2) is 35.0 Å². The normalized spacial score (nSPS) is 12.0. The quantitative estimate of drug-likeness (QED) is 0.390. The zero-order valence-electron chi connectivity index (χ0n) is 10.7. The van der Waals surface area contributed by atoms with Gasteiger partial charge in [-0.3, -0.25) is 14.9 Å². The minimum atomic E-state index is -2.08. The van der Waals surface area contributed by atoms with E-state index < -0.39 is 8.80 Å². The second kappa shape index (κ2) is 9.29. The zero-order valence-corrected chi connectivity index (χ0v) is 11.7. The van der Waals surface area contributed by atoms with Crippen LogP contribution in [0.4, 0.5) is 0 Å². The maximum Gasteiger partial charge on any atom is 0.440 e. The SMILES string of the molecule is CCCCO[Si](NCC)(NCC)NCC. The molecule has 0 fully saturated rings. The number of rotatable bonds is 10. The molecule has 0 amide bonds. The minimum Gasteiger partial charge on any atom is -0.380 e. The molecule has 0 heterocycles. The summed E-state index contributed by atoms with van der Waals surface area (Å²) in [5.41, 5.74) is 0. The van der Waals surface area contributed by atoms with Gasteiger partial charge in [0.1, 0.15) is 0 Å². The van der Waals surface area contributed by atoms with Gasteiger partial charge in [0.25, 0.3) is 0 Å². The van der Waals surface area contributed by atoms with Crippen molar-refractivity contribution in [2.45, 2.75) is 40.5 Å². The fourth-order valence-electron chi connectivity index (χ4n) is 1.46. The Morgan fingerprint density at radius 3 is 1.67 bits per heavy atom. The highest BCUT2D eigenvalue weighted by molar-refractivity contribution is 6.66. The summed E-state index contributed by atoms with van der Waals surface area (Å²) >= 11 is 0. The highest BCUT2D eigenvalue weighted by Crippen LogP contribution is 1.96. The maximum absolute atomic E-state index is 6.00. The minimum absolute atomic E-state index is 0.829. The molecule has 3 N–H and O–H groups in total. The molecule has 0 aliphatic rings. The number of nitrogens with one attached hydrogen (secondary N) is 3. The van der Waals surface area contributed by atoms with Crippen LogP contribution in [0.1, 0.15) is 40.5 Å². The zero-order chi connectivity index (χ0) is 11.6. The summed E-state index contributed by atoms with van der Waals surface area (Å²) in [6, 6.07) is 0. The monoisotopic (exact) mass is 233 g/mol. The van der Waals surface area contributed by atoms with E-state index in [1.54, 1.807) is 0 Å². The van der Waals surface area contributed by atoms with E-state index in [4.69, 9.17) is 4.43 Å². The third kappa shape index (κ3) is 6.27. The van der Waals surface area contributed by atoms with Crippen molar-refractivity contribution in [2.24, 2.45) is 0 Å². The molecule has 0 unspecified atom stereocenters. The second-order valence-electron chi connectivity index (χ2n) is 3.47. The molecule has 0 bridgehead atoms. The third-order valence-electron chi connectivity index (χ3n) is 2.09. The van der Waals surface area contributed by atoms with E-state index in [0.717, 1.165) is 32.7 Å². The first kappa shape index (κ1) is 15.1. The highest BCUT2D eigenvalue weighted by Gasteiger charge is 2.34. The summed E-state index contributed by atoms with van der Waals surface area (Å²) < 4.78 is 6.00.